The van der Waals surface area contributed by atoms with Crippen LogP contribution in [0.25, 0.3) is 0 Å². The van der Waals surface area contributed by atoms with Crippen molar-refractivity contribution in [3.05, 3.63) is 51.9 Å². The quantitative estimate of drug-likeness (QED) is 0.567. The molecule has 3 rings (SSSR count). The molecule has 0 radical (unpaired) electrons. The molecule has 0 atom stereocenters. The average Bonchev–Trinajstić information content (AvgIpc) is 3.15. The van der Waals surface area contributed by atoms with Crippen molar-refractivity contribution in [2.24, 2.45) is 0 Å². The van der Waals surface area contributed by atoms with Crippen LogP contribution in [0.2, 0.25) is 0 Å². The Morgan fingerprint density at radius 3 is 2.23 bits per heavy atom. The smallest absolute Gasteiger partial charge is 0.412 e. The minimum Gasteiger partial charge on any atom is -0.462 e. The summed E-state index contributed by atoms with van der Waals surface area (Å²) in [5, 5.41) is 2.79. The lowest BCUT2D eigenvalue weighted by Gasteiger charge is -2.19. The Labute approximate surface area is 177 Å². The van der Waals surface area contributed by atoms with Gasteiger partial charge in [0.2, 0.25) is 0 Å². The van der Waals surface area contributed by atoms with Crippen molar-refractivity contribution in [3.8, 4) is 0 Å². The molecule has 0 aliphatic carbocycles. The van der Waals surface area contributed by atoms with Gasteiger partial charge in [-0.05, 0) is 45.9 Å². The van der Waals surface area contributed by atoms with Gasteiger partial charge in [-0.3, -0.25) is 19.8 Å². The third kappa shape index (κ3) is 4.51. The minimum absolute atomic E-state index is 0.0284. The van der Waals surface area contributed by atoms with E-state index in [0.717, 1.165) is 16.2 Å². The molecule has 8 nitrogen and oxygen atoms in total. The number of anilines is 1. The predicted molar refractivity (Wildman–Crippen MR) is 111 cm³/mol. The number of benzene rings is 1. The van der Waals surface area contributed by atoms with Crippen molar-refractivity contribution in [1.82, 2.24) is 4.90 Å². The molecule has 0 saturated heterocycles. The summed E-state index contributed by atoms with van der Waals surface area (Å²) >= 11 is 1.08. The number of rotatable bonds is 5. The SMILES string of the molecule is CCOC(=O)c1cc(CN2C(=O)c3ccccc3C2=O)sc1NC(=O)OC(C)(C)C. The van der Waals surface area contributed by atoms with Gasteiger partial charge in [-0.2, -0.15) is 0 Å². The van der Waals surface area contributed by atoms with Crippen LogP contribution in [0.1, 0.15) is 63.6 Å². The van der Waals surface area contributed by atoms with E-state index in [1.165, 1.54) is 6.07 Å². The molecule has 9 heteroatoms. The second-order valence-electron chi connectivity index (χ2n) is 7.54. The van der Waals surface area contributed by atoms with E-state index in [9.17, 15) is 19.2 Å². The molecule has 0 spiro atoms. The second-order valence-corrected chi connectivity index (χ2v) is 8.68. The van der Waals surface area contributed by atoms with E-state index >= 15 is 0 Å². The first kappa shape index (κ1) is 21.5. The molecule has 0 unspecified atom stereocenters. The molecule has 1 aliphatic heterocycles. The van der Waals surface area contributed by atoms with Gasteiger partial charge in [-0.25, -0.2) is 9.59 Å². The van der Waals surface area contributed by atoms with Gasteiger partial charge in [0.05, 0.1) is 29.8 Å². The van der Waals surface area contributed by atoms with Gasteiger partial charge < -0.3 is 9.47 Å². The number of fused-ring (bicyclic) bond motifs is 1. The van der Waals surface area contributed by atoms with Crippen molar-refractivity contribution < 1.29 is 28.7 Å². The number of esters is 1. The predicted octanol–water partition coefficient (Wildman–Crippen LogP) is 4.07. The highest BCUT2D eigenvalue weighted by Crippen LogP contribution is 2.32. The minimum atomic E-state index is -0.720. The maximum Gasteiger partial charge on any atom is 0.412 e. The molecule has 1 aliphatic rings. The van der Waals surface area contributed by atoms with Gasteiger partial charge in [-0.15, -0.1) is 11.3 Å². The standard InChI is InChI=1S/C21H22N2O6S/c1-5-28-19(26)15-10-12(30-16(15)22-20(27)29-21(2,3)4)11-23-17(24)13-8-6-7-9-14(13)18(23)25/h6-10H,5,11H2,1-4H3,(H,22,27). The fourth-order valence-corrected chi connectivity index (χ4v) is 3.93. The van der Waals surface area contributed by atoms with Crippen LogP contribution >= 0.6 is 11.3 Å². The number of amides is 3. The maximum absolute atomic E-state index is 12.6. The number of hydrogen-bond donors (Lipinski definition) is 1. The molecule has 2 aromatic rings. The van der Waals surface area contributed by atoms with E-state index in [-0.39, 0.29) is 23.7 Å². The van der Waals surface area contributed by atoms with Crippen molar-refractivity contribution in [2.75, 3.05) is 11.9 Å². The molecule has 0 bridgehead atoms. The van der Waals surface area contributed by atoms with E-state index in [0.29, 0.717) is 16.0 Å². The summed E-state index contributed by atoms with van der Waals surface area (Å²) in [6.07, 6.45) is -0.720. The summed E-state index contributed by atoms with van der Waals surface area (Å²) in [4.78, 5) is 51.4. The lowest BCUT2D eigenvalue weighted by molar-refractivity contribution is 0.0527. The summed E-state index contributed by atoms with van der Waals surface area (Å²) in [5.74, 6) is -1.42. The Balaban J connectivity index is 1.85. The summed E-state index contributed by atoms with van der Waals surface area (Å²) in [6.45, 7) is 6.97. The highest BCUT2D eigenvalue weighted by atomic mass is 32.1. The Bertz CT molecular complexity index is 986. The second kappa shape index (κ2) is 8.27. The van der Waals surface area contributed by atoms with Crippen LogP contribution in [0, 0.1) is 0 Å². The van der Waals surface area contributed by atoms with Crippen LogP contribution in [0.3, 0.4) is 0 Å². The van der Waals surface area contributed by atoms with Gasteiger partial charge in [0, 0.05) is 4.88 Å². The van der Waals surface area contributed by atoms with Gasteiger partial charge in [-0.1, -0.05) is 12.1 Å². The molecule has 3 amide bonds. The van der Waals surface area contributed by atoms with E-state index in [1.54, 1.807) is 52.0 Å². The summed E-state index contributed by atoms with van der Waals surface area (Å²) in [6, 6.07) is 8.10. The number of carbonyl (C=O) groups excluding carboxylic acids is 4. The molecule has 158 valence electrons. The molecular weight excluding hydrogens is 408 g/mol. The molecule has 30 heavy (non-hydrogen) atoms. The number of hydrogen-bond acceptors (Lipinski definition) is 7. The number of nitrogens with one attached hydrogen (secondary N) is 1. The van der Waals surface area contributed by atoms with Crippen molar-refractivity contribution >= 4 is 40.2 Å². The summed E-state index contributed by atoms with van der Waals surface area (Å²) in [5.41, 5.74) is 0.113. The lowest BCUT2D eigenvalue weighted by atomic mass is 10.1. The number of thiophene rings is 1. The molecule has 1 aromatic carbocycles. The molecule has 1 N–H and O–H groups in total. The lowest BCUT2D eigenvalue weighted by Crippen LogP contribution is -2.28. The summed E-state index contributed by atoms with van der Waals surface area (Å²) in [7, 11) is 0. The van der Waals surface area contributed by atoms with Gasteiger partial charge in [0.1, 0.15) is 10.6 Å². The van der Waals surface area contributed by atoms with Crippen LogP contribution < -0.4 is 5.32 Å². The zero-order valence-corrected chi connectivity index (χ0v) is 17.9. The highest BCUT2D eigenvalue weighted by molar-refractivity contribution is 7.16. The molecule has 2 heterocycles. The normalized spacial score (nSPS) is 13.3. The van der Waals surface area contributed by atoms with Crippen LogP contribution in [0.4, 0.5) is 9.80 Å². The van der Waals surface area contributed by atoms with Gasteiger partial charge in [0.15, 0.2) is 0 Å². The third-order valence-electron chi connectivity index (χ3n) is 4.09. The van der Waals surface area contributed by atoms with Crippen molar-refractivity contribution in [3.63, 3.8) is 0 Å². The highest BCUT2D eigenvalue weighted by Gasteiger charge is 2.35. The zero-order chi connectivity index (χ0) is 22.1. The molecule has 1 aromatic heterocycles. The molecule has 0 fully saturated rings. The number of carbonyl (C=O) groups is 4. The largest absolute Gasteiger partial charge is 0.462 e. The average molecular weight is 430 g/mol. The topological polar surface area (TPSA) is 102 Å². The number of ether oxygens (including phenoxy) is 2. The Kier molecular flexibility index (Phi) is 5.93. The van der Waals surface area contributed by atoms with E-state index in [4.69, 9.17) is 9.47 Å². The Morgan fingerprint density at radius 2 is 1.70 bits per heavy atom. The van der Waals surface area contributed by atoms with Crippen molar-refractivity contribution in [1.29, 1.82) is 0 Å². The van der Waals surface area contributed by atoms with Crippen molar-refractivity contribution in [2.45, 2.75) is 39.8 Å². The Hall–Kier alpha value is -3.20. The van der Waals surface area contributed by atoms with Crippen LogP contribution in [0.5, 0.6) is 0 Å². The van der Waals surface area contributed by atoms with E-state index in [1.807, 2.05) is 0 Å². The fraction of sp³-hybridized carbons (Fsp3) is 0.333. The maximum atomic E-state index is 12.6. The molecule has 0 saturated carbocycles. The van der Waals surface area contributed by atoms with Crippen LogP contribution in [-0.2, 0) is 16.0 Å². The summed E-state index contributed by atoms with van der Waals surface area (Å²) < 4.78 is 10.3. The van der Waals surface area contributed by atoms with Crippen LogP contribution in [0.15, 0.2) is 30.3 Å². The first-order chi connectivity index (χ1) is 14.1. The van der Waals surface area contributed by atoms with E-state index in [2.05, 4.69) is 5.32 Å². The van der Waals surface area contributed by atoms with Gasteiger partial charge >= 0.3 is 12.1 Å². The van der Waals surface area contributed by atoms with Crippen LogP contribution in [-0.4, -0.2) is 41.0 Å². The Morgan fingerprint density at radius 1 is 1.10 bits per heavy atom. The third-order valence-corrected chi connectivity index (χ3v) is 5.12. The van der Waals surface area contributed by atoms with Gasteiger partial charge in [0.25, 0.3) is 11.8 Å². The van der Waals surface area contributed by atoms with E-state index < -0.39 is 29.5 Å². The zero-order valence-electron chi connectivity index (χ0n) is 17.1. The fourth-order valence-electron chi connectivity index (χ4n) is 2.91. The first-order valence-corrected chi connectivity index (χ1v) is 10.2. The number of imide groups is 1. The first-order valence-electron chi connectivity index (χ1n) is 9.35. The number of nitrogens with zero attached hydrogens (tertiary/aromatic N) is 1. The molecular formula is C21H22N2O6S. The monoisotopic (exact) mass is 430 g/mol.